The molecule has 7 heteroatoms. The quantitative estimate of drug-likeness (QED) is 0.631. The van der Waals surface area contributed by atoms with Crippen LogP contribution < -0.4 is 5.48 Å². The van der Waals surface area contributed by atoms with E-state index in [2.05, 4.69) is 4.84 Å². The van der Waals surface area contributed by atoms with E-state index in [-0.39, 0.29) is 16.3 Å². The Hall–Kier alpha value is -1.66. The standard InChI is InChI=1S/C8H7ClN2O4/c1-15-10-8(12)5-3-2-4-6(7(5)9)11(13)14/h2-4H,1H3,(H,10,12). The first-order valence-corrected chi connectivity index (χ1v) is 4.22. The van der Waals surface area contributed by atoms with E-state index in [1.54, 1.807) is 0 Å². The summed E-state index contributed by atoms with van der Waals surface area (Å²) in [5, 5.41) is 10.3. The molecule has 1 amide bonds. The molecule has 0 saturated carbocycles. The summed E-state index contributed by atoms with van der Waals surface area (Å²) in [7, 11) is 1.25. The number of benzene rings is 1. The van der Waals surface area contributed by atoms with Crippen molar-refractivity contribution in [1.29, 1.82) is 0 Å². The number of amides is 1. The molecule has 0 unspecified atom stereocenters. The number of hydrogen-bond acceptors (Lipinski definition) is 4. The number of hydroxylamine groups is 1. The molecule has 0 atom stereocenters. The maximum absolute atomic E-state index is 11.3. The van der Waals surface area contributed by atoms with Crippen LogP contribution in [-0.2, 0) is 4.84 Å². The molecule has 6 nitrogen and oxygen atoms in total. The van der Waals surface area contributed by atoms with E-state index >= 15 is 0 Å². The Labute approximate surface area is 89.9 Å². The SMILES string of the molecule is CONC(=O)c1cccc([N+](=O)[O-])c1Cl. The van der Waals surface area contributed by atoms with Crippen LogP contribution >= 0.6 is 11.6 Å². The Morgan fingerprint density at radius 2 is 2.27 bits per heavy atom. The molecule has 0 aromatic heterocycles. The molecule has 0 radical (unpaired) electrons. The predicted molar refractivity (Wildman–Crippen MR) is 52.6 cm³/mol. The maximum Gasteiger partial charge on any atom is 0.288 e. The zero-order valence-corrected chi connectivity index (χ0v) is 8.45. The van der Waals surface area contributed by atoms with Crippen LogP contribution in [-0.4, -0.2) is 17.9 Å². The van der Waals surface area contributed by atoms with Crippen molar-refractivity contribution in [1.82, 2.24) is 5.48 Å². The van der Waals surface area contributed by atoms with Crippen LogP contribution in [0.15, 0.2) is 18.2 Å². The molecule has 1 N–H and O–H groups in total. The summed E-state index contributed by atoms with van der Waals surface area (Å²) < 4.78 is 0. The second kappa shape index (κ2) is 4.72. The summed E-state index contributed by atoms with van der Waals surface area (Å²) in [5.74, 6) is -0.633. The van der Waals surface area contributed by atoms with E-state index in [9.17, 15) is 14.9 Å². The zero-order valence-electron chi connectivity index (χ0n) is 7.69. The highest BCUT2D eigenvalue weighted by Crippen LogP contribution is 2.27. The lowest BCUT2D eigenvalue weighted by molar-refractivity contribution is -0.384. The molecule has 1 aromatic carbocycles. The van der Waals surface area contributed by atoms with Gasteiger partial charge >= 0.3 is 0 Å². The van der Waals surface area contributed by atoms with Crippen molar-refractivity contribution in [2.45, 2.75) is 0 Å². The summed E-state index contributed by atoms with van der Waals surface area (Å²) in [5.41, 5.74) is 1.70. The van der Waals surface area contributed by atoms with E-state index < -0.39 is 10.8 Å². The number of nitro groups is 1. The minimum Gasteiger partial charge on any atom is -0.277 e. The summed E-state index contributed by atoms with van der Waals surface area (Å²) in [6.45, 7) is 0. The monoisotopic (exact) mass is 230 g/mol. The molecule has 0 aliphatic rings. The largest absolute Gasteiger partial charge is 0.288 e. The highest BCUT2D eigenvalue weighted by Gasteiger charge is 2.19. The Kier molecular flexibility index (Phi) is 3.59. The van der Waals surface area contributed by atoms with Crippen LogP contribution in [0.5, 0.6) is 0 Å². The highest BCUT2D eigenvalue weighted by atomic mass is 35.5. The Morgan fingerprint density at radius 1 is 1.60 bits per heavy atom. The fourth-order valence-corrected chi connectivity index (χ4v) is 1.26. The lowest BCUT2D eigenvalue weighted by atomic mass is 10.2. The number of carbonyl (C=O) groups is 1. The van der Waals surface area contributed by atoms with Crippen molar-refractivity contribution in [3.8, 4) is 0 Å². The van der Waals surface area contributed by atoms with Gasteiger partial charge < -0.3 is 0 Å². The van der Waals surface area contributed by atoms with E-state index in [0.717, 1.165) is 0 Å². The van der Waals surface area contributed by atoms with Gasteiger partial charge in [0.15, 0.2) is 0 Å². The van der Waals surface area contributed by atoms with E-state index in [0.29, 0.717) is 0 Å². The van der Waals surface area contributed by atoms with Crippen LogP contribution in [0.1, 0.15) is 10.4 Å². The van der Waals surface area contributed by atoms with Gasteiger partial charge in [-0.05, 0) is 6.07 Å². The molecule has 15 heavy (non-hydrogen) atoms. The molecule has 0 fully saturated rings. The average molecular weight is 231 g/mol. The van der Waals surface area contributed by atoms with Crippen molar-refractivity contribution < 1.29 is 14.6 Å². The second-order valence-electron chi connectivity index (χ2n) is 2.53. The molecule has 80 valence electrons. The number of rotatable bonds is 3. The van der Waals surface area contributed by atoms with Crippen LogP contribution in [0.4, 0.5) is 5.69 Å². The van der Waals surface area contributed by atoms with Gasteiger partial charge in [0.1, 0.15) is 5.02 Å². The van der Waals surface area contributed by atoms with Gasteiger partial charge in [-0.1, -0.05) is 17.7 Å². The molecule has 0 heterocycles. The van der Waals surface area contributed by atoms with Crippen LogP contribution in [0.25, 0.3) is 0 Å². The summed E-state index contributed by atoms with van der Waals surface area (Å²) in [6, 6.07) is 3.95. The number of halogens is 1. The third kappa shape index (κ3) is 2.42. The Bertz CT molecular complexity index is 408. The summed E-state index contributed by atoms with van der Waals surface area (Å²) >= 11 is 5.68. The third-order valence-electron chi connectivity index (χ3n) is 1.61. The number of carbonyl (C=O) groups excluding carboxylic acids is 1. The Morgan fingerprint density at radius 3 is 2.80 bits per heavy atom. The Balaban J connectivity index is 3.15. The minimum atomic E-state index is -0.661. The highest BCUT2D eigenvalue weighted by molar-refractivity contribution is 6.35. The molecule has 1 aromatic rings. The van der Waals surface area contributed by atoms with Crippen molar-refractivity contribution in [3.05, 3.63) is 38.9 Å². The number of nitrogens with zero attached hydrogens (tertiary/aromatic N) is 1. The van der Waals surface area contributed by atoms with Gasteiger partial charge in [0.05, 0.1) is 17.6 Å². The first kappa shape index (κ1) is 11.4. The van der Waals surface area contributed by atoms with E-state index in [4.69, 9.17) is 11.6 Å². The summed E-state index contributed by atoms with van der Waals surface area (Å²) in [4.78, 5) is 25.5. The lowest BCUT2D eigenvalue weighted by Gasteiger charge is -2.03. The normalized spacial score (nSPS) is 9.73. The minimum absolute atomic E-state index is 0.00674. The molecule has 0 saturated heterocycles. The zero-order chi connectivity index (χ0) is 11.4. The predicted octanol–water partition coefficient (Wildman–Crippen LogP) is 1.54. The van der Waals surface area contributed by atoms with Gasteiger partial charge in [0.25, 0.3) is 11.6 Å². The van der Waals surface area contributed by atoms with Gasteiger partial charge in [0, 0.05) is 6.07 Å². The van der Waals surface area contributed by atoms with Crippen LogP contribution in [0.3, 0.4) is 0 Å². The van der Waals surface area contributed by atoms with Crippen molar-refractivity contribution >= 4 is 23.2 Å². The number of hydrogen-bond donors (Lipinski definition) is 1. The molecule has 0 aliphatic carbocycles. The van der Waals surface area contributed by atoms with E-state index in [1.807, 2.05) is 5.48 Å². The average Bonchev–Trinajstić information content (AvgIpc) is 2.17. The third-order valence-corrected chi connectivity index (χ3v) is 2.01. The smallest absolute Gasteiger partial charge is 0.277 e. The van der Waals surface area contributed by atoms with Gasteiger partial charge in [-0.15, -0.1) is 0 Å². The molecule has 1 rings (SSSR count). The maximum atomic E-state index is 11.3. The van der Waals surface area contributed by atoms with Gasteiger partial charge in [0.2, 0.25) is 0 Å². The van der Waals surface area contributed by atoms with Crippen molar-refractivity contribution in [3.63, 3.8) is 0 Å². The first-order valence-electron chi connectivity index (χ1n) is 3.84. The van der Waals surface area contributed by atoms with Gasteiger partial charge in [-0.25, -0.2) is 5.48 Å². The fraction of sp³-hybridized carbons (Fsp3) is 0.125. The first-order chi connectivity index (χ1) is 7.07. The van der Waals surface area contributed by atoms with Gasteiger partial charge in [-0.3, -0.25) is 19.7 Å². The van der Waals surface area contributed by atoms with Crippen LogP contribution in [0, 0.1) is 10.1 Å². The van der Waals surface area contributed by atoms with Gasteiger partial charge in [-0.2, -0.15) is 0 Å². The van der Waals surface area contributed by atoms with E-state index in [1.165, 1.54) is 25.3 Å². The molecule has 0 aliphatic heterocycles. The number of nitro benzene ring substituents is 1. The topological polar surface area (TPSA) is 81.5 Å². The molecule has 0 spiro atoms. The lowest BCUT2D eigenvalue weighted by Crippen LogP contribution is -2.22. The second-order valence-corrected chi connectivity index (χ2v) is 2.91. The van der Waals surface area contributed by atoms with Crippen molar-refractivity contribution in [2.75, 3.05) is 7.11 Å². The molecular weight excluding hydrogens is 224 g/mol. The molecule has 0 bridgehead atoms. The van der Waals surface area contributed by atoms with Crippen LogP contribution in [0.2, 0.25) is 5.02 Å². The number of nitrogens with one attached hydrogen (secondary N) is 1. The summed E-state index contributed by atoms with van der Waals surface area (Å²) in [6.07, 6.45) is 0. The fourth-order valence-electron chi connectivity index (χ4n) is 0.984. The van der Waals surface area contributed by atoms with Crippen molar-refractivity contribution in [2.24, 2.45) is 0 Å². The molecular formula is C8H7ClN2O4.